The lowest BCUT2D eigenvalue weighted by atomic mass is 9.77. The molecule has 1 aliphatic rings. The number of urea groups is 1. The van der Waals surface area contributed by atoms with Crippen LogP contribution < -0.4 is 10.6 Å². The first kappa shape index (κ1) is 16.9. The van der Waals surface area contributed by atoms with Crippen LogP contribution in [0.1, 0.15) is 38.7 Å². The van der Waals surface area contributed by atoms with Crippen LogP contribution in [0.5, 0.6) is 5.75 Å². The van der Waals surface area contributed by atoms with E-state index in [1.165, 1.54) is 25.3 Å². The first-order valence-corrected chi connectivity index (χ1v) is 8.31. The highest BCUT2D eigenvalue weighted by Crippen LogP contribution is 2.32. The fourth-order valence-electron chi connectivity index (χ4n) is 3.43. The van der Waals surface area contributed by atoms with Gasteiger partial charge in [-0.15, -0.1) is 0 Å². The highest BCUT2D eigenvalue weighted by Gasteiger charge is 2.24. The van der Waals surface area contributed by atoms with E-state index in [0.29, 0.717) is 17.5 Å². The average molecular weight is 325 g/mol. The number of nitrogens with one attached hydrogen (secondary N) is 2. The van der Waals surface area contributed by atoms with Crippen molar-refractivity contribution in [3.63, 3.8) is 0 Å². The lowest BCUT2D eigenvalue weighted by molar-refractivity contribution is 0.207. The van der Waals surface area contributed by atoms with E-state index < -0.39 is 0 Å². The molecule has 22 heavy (non-hydrogen) atoms. The Morgan fingerprint density at radius 1 is 1.23 bits per heavy atom. The monoisotopic (exact) mass is 324 g/mol. The van der Waals surface area contributed by atoms with Crippen molar-refractivity contribution in [1.82, 2.24) is 10.6 Å². The number of halogens is 1. The molecule has 5 heteroatoms. The summed E-state index contributed by atoms with van der Waals surface area (Å²) in [6, 6.07) is 4.57. The molecule has 2 amide bonds. The van der Waals surface area contributed by atoms with Gasteiger partial charge in [0, 0.05) is 18.1 Å². The molecule has 1 fully saturated rings. The summed E-state index contributed by atoms with van der Waals surface area (Å²) in [5.74, 6) is 2.18. The molecule has 1 aromatic carbocycles. The summed E-state index contributed by atoms with van der Waals surface area (Å²) in [4.78, 5) is 11.9. The summed E-state index contributed by atoms with van der Waals surface area (Å²) >= 11 is 6.01. The number of phenols is 1. The van der Waals surface area contributed by atoms with Gasteiger partial charge in [0.15, 0.2) is 0 Å². The van der Waals surface area contributed by atoms with Crippen molar-refractivity contribution in [1.29, 1.82) is 0 Å². The van der Waals surface area contributed by atoms with Crippen molar-refractivity contribution in [2.24, 2.45) is 17.8 Å². The summed E-state index contributed by atoms with van der Waals surface area (Å²) in [6.45, 7) is 5.65. The summed E-state index contributed by atoms with van der Waals surface area (Å²) in [7, 11) is 0. The largest absolute Gasteiger partial charge is 0.508 e. The van der Waals surface area contributed by atoms with Crippen molar-refractivity contribution >= 4 is 17.6 Å². The van der Waals surface area contributed by atoms with Gasteiger partial charge in [0.05, 0.1) is 0 Å². The first-order valence-electron chi connectivity index (χ1n) is 7.93. The lowest BCUT2D eigenvalue weighted by Crippen LogP contribution is -2.39. The van der Waals surface area contributed by atoms with Crippen molar-refractivity contribution in [2.45, 2.75) is 39.7 Å². The van der Waals surface area contributed by atoms with Gasteiger partial charge >= 0.3 is 6.03 Å². The zero-order chi connectivity index (χ0) is 16.1. The second kappa shape index (κ2) is 7.73. The molecule has 2 rings (SSSR count). The second-order valence-electron chi connectivity index (χ2n) is 6.62. The van der Waals surface area contributed by atoms with Gasteiger partial charge < -0.3 is 15.7 Å². The van der Waals surface area contributed by atoms with Gasteiger partial charge in [-0.2, -0.15) is 0 Å². The van der Waals surface area contributed by atoms with E-state index in [1.54, 1.807) is 12.1 Å². The molecule has 122 valence electrons. The van der Waals surface area contributed by atoms with Gasteiger partial charge in [-0.1, -0.05) is 31.5 Å². The predicted octanol–water partition coefficient (Wildman–Crippen LogP) is 3.92. The minimum absolute atomic E-state index is 0.124. The van der Waals surface area contributed by atoms with Gasteiger partial charge in [-0.05, 0) is 54.7 Å². The molecular weight excluding hydrogens is 300 g/mol. The molecule has 0 saturated heterocycles. The number of carbonyl (C=O) groups excluding carboxylic acids is 1. The third-order valence-corrected chi connectivity index (χ3v) is 4.66. The van der Waals surface area contributed by atoms with Crippen LogP contribution in [0.15, 0.2) is 18.2 Å². The Labute approximate surface area is 137 Å². The molecule has 0 spiro atoms. The number of phenolic OH excluding ortho intramolecular Hbond substituents is 1. The first-order chi connectivity index (χ1) is 10.4. The third-order valence-electron chi connectivity index (χ3n) is 4.30. The van der Waals surface area contributed by atoms with E-state index >= 15 is 0 Å². The van der Waals surface area contributed by atoms with Crippen molar-refractivity contribution in [3.05, 3.63) is 28.8 Å². The minimum atomic E-state index is -0.171. The normalized spacial score (nSPS) is 24.8. The van der Waals surface area contributed by atoms with Gasteiger partial charge in [0.25, 0.3) is 0 Å². The number of aromatic hydroxyl groups is 1. The highest BCUT2D eigenvalue weighted by atomic mass is 35.5. The zero-order valence-electron chi connectivity index (χ0n) is 13.2. The lowest BCUT2D eigenvalue weighted by Gasteiger charge is -2.31. The Balaban J connectivity index is 1.74. The molecular formula is C17H25ClN2O2. The summed E-state index contributed by atoms with van der Waals surface area (Å²) in [5, 5.41) is 15.5. The van der Waals surface area contributed by atoms with Gasteiger partial charge in [-0.3, -0.25) is 0 Å². The Morgan fingerprint density at radius 3 is 2.55 bits per heavy atom. The minimum Gasteiger partial charge on any atom is -0.508 e. The maximum absolute atomic E-state index is 11.9. The molecule has 2 unspecified atom stereocenters. The van der Waals surface area contributed by atoms with E-state index in [2.05, 4.69) is 24.5 Å². The fourth-order valence-corrected chi connectivity index (χ4v) is 3.68. The predicted molar refractivity (Wildman–Crippen MR) is 89.0 cm³/mol. The summed E-state index contributed by atoms with van der Waals surface area (Å²) in [6.07, 6.45) is 3.67. The second-order valence-corrected chi connectivity index (χ2v) is 7.03. The number of amides is 2. The summed E-state index contributed by atoms with van der Waals surface area (Å²) < 4.78 is 0. The average Bonchev–Trinajstić information content (AvgIpc) is 2.43. The molecule has 4 nitrogen and oxygen atoms in total. The molecule has 2 atom stereocenters. The summed E-state index contributed by atoms with van der Waals surface area (Å²) in [5.41, 5.74) is 0.787. The molecule has 0 heterocycles. The molecule has 0 radical (unpaired) electrons. The number of rotatable bonds is 4. The van der Waals surface area contributed by atoms with Crippen molar-refractivity contribution < 1.29 is 9.90 Å². The van der Waals surface area contributed by atoms with Crippen LogP contribution in [-0.4, -0.2) is 17.7 Å². The van der Waals surface area contributed by atoms with Gasteiger partial charge in [0.2, 0.25) is 0 Å². The topological polar surface area (TPSA) is 61.4 Å². The Morgan fingerprint density at radius 2 is 1.91 bits per heavy atom. The van der Waals surface area contributed by atoms with Crippen LogP contribution >= 0.6 is 11.6 Å². The van der Waals surface area contributed by atoms with Gasteiger partial charge in [-0.25, -0.2) is 4.79 Å². The highest BCUT2D eigenvalue weighted by molar-refractivity contribution is 6.31. The maximum Gasteiger partial charge on any atom is 0.315 e. The standard InChI is InChI=1S/C17H25ClN2O2/c1-11-5-12(2)7-13(6-11)9-19-17(22)20-10-14-3-4-15(21)8-16(14)18/h3-4,8,11-13,21H,5-7,9-10H2,1-2H3,(H2,19,20,22). The number of hydrogen-bond acceptors (Lipinski definition) is 2. The SMILES string of the molecule is CC1CC(C)CC(CNC(=O)NCc2ccc(O)cc2Cl)C1. The van der Waals surface area contributed by atoms with Crippen LogP contribution in [0, 0.1) is 17.8 Å². The molecule has 1 saturated carbocycles. The number of hydrogen-bond donors (Lipinski definition) is 3. The smallest absolute Gasteiger partial charge is 0.315 e. The molecule has 0 aliphatic heterocycles. The zero-order valence-corrected chi connectivity index (χ0v) is 14.0. The van der Waals surface area contributed by atoms with E-state index in [9.17, 15) is 9.90 Å². The van der Waals surface area contributed by atoms with Crippen LogP contribution in [0.2, 0.25) is 5.02 Å². The van der Waals surface area contributed by atoms with Crippen molar-refractivity contribution in [2.75, 3.05) is 6.54 Å². The van der Waals surface area contributed by atoms with Crippen molar-refractivity contribution in [3.8, 4) is 5.75 Å². The fraction of sp³-hybridized carbons (Fsp3) is 0.588. The number of carbonyl (C=O) groups is 1. The van der Waals surface area contributed by atoms with E-state index in [4.69, 9.17) is 11.6 Å². The molecule has 3 N–H and O–H groups in total. The quantitative estimate of drug-likeness (QED) is 0.786. The molecule has 0 aromatic heterocycles. The van der Waals surface area contributed by atoms with Gasteiger partial charge in [0.1, 0.15) is 5.75 Å². The van der Waals surface area contributed by atoms with E-state index in [0.717, 1.165) is 23.9 Å². The number of benzene rings is 1. The Kier molecular flexibility index (Phi) is 5.95. The van der Waals surface area contributed by atoms with E-state index in [1.807, 2.05) is 0 Å². The Bertz CT molecular complexity index is 511. The van der Waals surface area contributed by atoms with Crippen LogP contribution in [-0.2, 0) is 6.54 Å². The van der Waals surface area contributed by atoms with Crippen LogP contribution in [0.3, 0.4) is 0 Å². The molecule has 0 bridgehead atoms. The van der Waals surface area contributed by atoms with Crippen LogP contribution in [0.4, 0.5) is 4.79 Å². The molecule has 1 aromatic rings. The van der Waals surface area contributed by atoms with E-state index in [-0.39, 0.29) is 11.8 Å². The van der Waals surface area contributed by atoms with Crippen LogP contribution in [0.25, 0.3) is 0 Å². The maximum atomic E-state index is 11.9. The molecule has 1 aliphatic carbocycles. The third kappa shape index (κ3) is 5.09. The Hall–Kier alpha value is -1.42.